The molecule has 0 saturated carbocycles. The summed E-state index contributed by atoms with van der Waals surface area (Å²) in [6.45, 7) is 8.19. The standard InChI is InChI=1S/C31H40F2N2O2/c1-23-6-10-26(11-7-23)28(36)31(3,33)22-35-18-14-25(15-19-35)20-24-8-12-27(13-9-24)29(37)30(2,32)21-34-16-4-5-17-34/h6-13,25H,4-5,14-22H2,1-3H3. The number of hydrogen-bond acceptors (Lipinski definition) is 4. The van der Waals surface area contributed by atoms with E-state index in [2.05, 4.69) is 0 Å². The van der Waals surface area contributed by atoms with Crippen molar-refractivity contribution in [3.63, 3.8) is 0 Å². The fourth-order valence-corrected chi connectivity index (χ4v) is 5.71. The van der Waals surface area contributed by atoms with Crippen LogP contribution in [0.4, 0.5) is 8.78 Å². The van der Waals surface area contributed by atoms with Crippen LogP contribution in [0.2, 0.25) is 0 Å². The number of likely N-dealkylation sites (tertiary alicyclic amines) is 2. The molecular formula is C31H40F2N2O2. The van der Waals surface area contributed by atoms with Gasteiger partial charge in [0.2, 0.25) is 11.6 Å². The van der Waals surface area contributed by atoms with Gasteiger partial charge < -0.3 is 0 Å². The van der Waals surface area contributed by atoms with E-state index in [-0.39, 0.29) is 13.1 Å². The Balaban J connectivity index is 1.26. The Bertz CT molecular complexity index is 1070. The summed E-state index contributed by atoms with van der Waals surface area (Å²) in [7, 11) is 0. The average Bonchev–Trinajstić information content (AvgIpc) is 3.37. The van der Waals surface area contributed by atoms with Crippen molar-refractivity contribution in [1.82, 2.24) is 9.80 Å². The predicted octanol–water partition coefficient (Wildman–Crippen LogP) is 5.87. The van der Waals surface area contributed by atoms with Crippen molar-refractivity contribution >= 4 is 11.6 Å². The van der Waals surface area contributed by atoms with Crippen LogP contribution < -0.4 is 0 Å². The van der Waals surface area contributed by atoms with Crippen LogP contribution in [0.5, 0.6) is 0 Å². The molecule has 2 saturated heterocycles. The van der Waals surface area contributed by atoms with Crippen LogP contribution in [0.25, 0.3) is 0 Å². The highest BCUT2D eigenvalue weighted by Crippen LogP contribution is 2.27. The van der Waals surface area contributed by atoms with Gasteiger partial charge in [-0.1, -0.05) is 54.1 Å². The summed E-state index contributed by atoms with van der Waals surface area (Å²) in [6, 6.07) is 14.4. The van der Waals surface area contributed by atoms with E-state index in [1.807, 2.05) is 41.0 Å². The molecule has 2 unspecified atom stereocenters. The maximum Gasteiger partial charge on any atom is 0.201 e. The number of ketones is 2. The van der Waals surface area contributed by atoms with Crippen LogP contribution in [-0.4, -0.2) is 72.0 Å². The van der Waals surface area contributed by atoms with Gasteiger partial charge in [-0.15, -0.1) is 0 Å². The maximum atomic E-state index is 15.4. The summed E-state index contributed by atoms with van der Waals surface area (Å²) in [5, 5.41) is 0. The Morgan fingerprint density at radius 1 is 0.757 bits per heavy atom. The SMILES string of the molecule is Cc1ccc(C(=O)C(C)(F)CN2CCC(Cc3ccc(C(=O)C(C)(F)CN4CCCC4)cc3)CC2)cc1. The number of Topliss-reactive ketones (excluding diaryl/α,β-unsaturated/α-hetero) is 2. The van der Waals surface area contributed by atoms with Gasteiger partial charge >= 0.3 is 0 Å². The number of carbonyl (C=O) groups is 2. The van der Waals surface area contributed by atoms with Gasteiger partial charge in [-0.3, -0.25) is 19.4 Å². The first-order valence-corrected chi connectivity index (χ1v) is 13.6. The van der Waals surface area contributed by atoms with Crippen molar-refractivity contribution in [2.75, 3.05) is 39.3 Å². The Kier molecular flexibility index (Phi) is 8.59. The molecule has 6 heteroatoms. The van der Waals surface area contributed by atoms with E-state index in [0.29, 0.717) is 17.0 Å². The summed E-state index contributed by atoms with van der Waals surface area (Å²) in [6.07, 6.45) is 4.85. The molecule has 37 heavy (non-hydrogen) atoms. The minimum absolute atomic E-state index is 0.0999. The van der Waals surface area contributed by atoms with Crippen molar-refractivity contribution < 1.29 is 18.4 Å². The fraction of sp³-hybridized carbons (Fsp3) is 0.548. The van der Waals surface area contributed by atoms with Crippen LogP contribution in [0, 0.1) is 12.8 Å². The van der Waals surface area contributed by atoms with Crippen molar-refractivity contribution in [2.24, 2.45) is 5.92 Å². The fourth-order valence-electron chi connectivity index (χ4n) is 5.71. The summed E-state index contributed by atoms with van der Waals surface area (Å²) in [5.41, 5.74) is -0.812. The highest BCUT2D eigenvalue weighted by Gasteiger charge is 2.38. The van der Waals surface area contributed by atoms with Crippen LogP contribution in [-0.2, 0) is 6.42 Å². The average molecular weight is 511 g/mol. The van der Waals surface area contributed by atoms with E-state index in [0.717, 1.165) is 69.4 Å². The molecule has 200 valence electrons. The molecule has 4 rings (SSSR count). The van der Waals surface area contributed by atoms with Crippen LogP contribution >= 0.6 is 0 Å². The Morgan fingerprint density at radius 3 is 1.68 bits per heavy atom. The van der Waals surface area contributed by atoms with Gasteiger partial charge in [0, 0.05) is 24.2 Å². The number of rotatable bonds is 10. The zero-order valence-electron chi connectivity index (χ0n) is 22.4. The second kappa shape index (κ2) is 11.5. The van der Waals surface area contributed by atoms with E-state index in [4.69, 9.17) is 0 Å². The molecule has 2 heterocycles. The quantitative estimate of drug-likeness (QED) is 0.375. The lowest BCUT2D eigenvalue weighted by Gasteiger charge is -2.35. The zero-order valence-corrected chi connectivity index (χ0v) is 22.4. The summed E-state index contributed by atoms with van der Waals surface area (Å²) in [4.78, 5) is 29.6. The third kappa shape index (κ3) is 7.11. The number of halogens is 2. The summed E-state index contributed by atoms with van der Waals surface area (Å²) in [5.74, 6) is -0.458. The normalized spacial score (nSPS) is 20.9. The molecule has 0 N–H and O–H groups in total. The third-order valence-corrected chi connectivity index (χ3v) is 7.95. The Hall–Kier alpha value is -2.44. The topological polar surface area (TPSA) is 40.6 Å². The first-order valence-electron chi connectivity index (χ1n) is 13.6. The molecule has 2 aliphatic heterocycles. The van der Waals surface area contributed by atoms with Gasteiger partial charge in [-0.05, 0) is 90.5 Å². The highest BCUT2D eigenvalue weighted by atomic mass is 19.1. The van der Waals surface area contributed by atoms with Crippen molar-refractivity contribution in [3.05, 3.63) is 70.8 Å². The number of benzene rings is 2. The molecule has 2 fully saturated rings. The van der Waals surface area contributed by atoms with Gasteiger partial charge in [0.1, 0.15) is 0 Å². The molecule has 2 aliphatic rings. The van der Waals surface area contributed by atoms with Crippen molar-refractivity contribution in [2.45, 2.75) is 64.2 Å². The maximum absolute atomic E-state index is 15.4. The number of piperidine rings is 1. The summed E-state index contributed by atoms with van der Waals surface area (Å²) < 4.78 is 30.5. The van der Waals surface area contributed by atoms with Crippen molar-refractivity contribution in [1.29, 1.82) is 0 Å². The van der Waals surface area contributed by atoms with Crippen LogP contribution in [0.1, 0.15) is 71.4 Å². The molecule has 0 bridgehead atoms. The largest absolute Gasteiger partial charge is 0.300 e. The minimum Gasteiger partial charge on any atom is -0.300 e. The zero-order chi connectivity index (χ0) is 26.6. The number of hydrogen-bond donors (Lipinski definition) is 0. The predicted molar refractivity (Wildman–Crippen MR) is 144 cm³/mol. The van der Waals surface area contributed by atoms with Gasteiger partial charge in [0.25, 0.3) is 0 Å². The molecule has 0 radical (unpaired) electrons. The molecule has 0 aliphatic carbocycles. The van der Waals surface area contributed by atoms with E-state index in [1.54, 1.807) is 24.3 Å². The van der Waals surface area contributed by atoms with E-state index in [9.17, 15) is 9.59 Å². The first-order chi connectivity index (χ1) is 17.5. The monoisotopic (exact) mass is 510 g/mol. The number of carbonyl (C=O) groups excluding carboxylic acids is 2. The van der Waals surface area contributed by atoms with Crippen LogP contribution in [0.3, 0.4) is 0 Å². The second-order valence-electron chi connectivity index (χ2n) is 11.5. The molecule has 0 spiro atoms. The third-order valence-electron chi connectivity index (χ3n) is 7.95. The van der Waals surface area contributed by atoms with E-state index in [1.165, 1.54) is 13.8 Å². The molecule has 0 aromatic heterocycles. The molecule has 2 atom stereocenters. The number of nitrogens with zero attached hydrogens (tertiary/aromatic N) is 2. The molecular weight excluding hydrogens is 470 g/mol. The van der Waals surface area contributed by atoms with Crippen LogP contribution in [0.15, 0.2) is 48.5 Å². The first kappa shape index (κ1) is 27.6. The smallest absolute Gasteiger partial charge is 0.201 e. The lowest BCUT2D eigenvalue weighted by molar-refractivity contribution is 0.0544. The number of alkyl halides is 2. The van der Waals surface area contributed by atoms with E-state index >= 15 is 8.78 Å². The second-order valence-corrected chi connectivity index (χ2v) is 11.5. The van der Waals surface area contributed by atoms with Gasteiger partial charge in [-0.25, -0.2) is 8.78 Å². The van der Waals surface area contributed by atoms with Gasteiger partial charge in [0.05, 0.1) is 0 Å². The Morgan fingerprint density at radius 2 is 1.19 bits per heavy atom. The molecule has 0 amide bonds. The molecule has 2 aromatic rings. The van der Waals surface area contributed by atoms with Gasteiger partial charge in [0.15, 0.2) is 11.3 Å². The minimum atomic E-state index is -1.93. The lowest BCUT2D eigenvalue weighted by Crippen LogP contribution is -2.46. The van der Waals surface area contributed by atoms with E-state index < -0.39 is 22.9 Å². The summed E-state index contributed by atoms with van der Waals surface area (Å²) >= 11 is 0. The lowest BCUT2D eigenvalue weighted by atomic mass is 9.88. The van der Waals surface area contributed by atoms with Gasteiger partial charge in [-0.2, -0.15) is 0 Å². The number of aryl methyl sites for hydroxylation is 1. The van der Waals surface area contributed by atoms with Crippen molar-refractivity contribution in [3.8, 4) is 0 Å². The molecule has 4 nitrogen and oxygen atoms in total. The Labute approximate surface area is 220 Å². The highest BCUT2D eigenvalue weighted by molar-refractivity contribution is 6.03. The molecule has 2 aromatic carbocycles.